The Balaban J connectivity index is 1.82. The lowest BCUT2D eigenvalue weighted by Crippen LogP contribution is -2.42. The fourth-order valence-corrected chi connectivity index (χ4v) is 4.94. The number of halogens is 1. The molecule has 2 aliphatic rings. The van der Waals surface area contributed by atoms with Gasteiger partial charge >= 0.3 is 0 Å². The molecule has 2 aliphatic carbocycles. The van der Waals surface area contributed by atoms with E-state index in [1.807, 2.05) is 0 Å². The first kappa shape index (κ1) is 15.4. The van der Waals surface area contributed by atoms with Crippen molar-refractivity contribution < 1.29 is 0 Å². The Morgan fingerprint density at radius 1 is 1.33 bits per heavy atom. The van der Waals surface area contributed by atoms with Crippen LogP contribution in [0.25, 0.3) is 0 Å². The van der Waals surface area contributed by atoms with Crippen molar-refractivity contribution in [2.24, 2.45) is 17.3 Å². The summed E-state index contributed by atoms with van der Waals surface area (Å²) >= 11 is 6.51. The molecule has 116 valence electrons. The largest absolute Gasteiger partial charge is 0.314 e. The van der Waals surface area contributed by atoms with Crippen molar-refractivity contribution in [3.05, 3.63) is 34.3 Å². The summed E-state index contributed by atoms with van der Waals surface area (Å²) in [5.41, 5.74) is 3.04. The van der Waals surface area contributed by atoms with Crippen molar-refractivity contribution in [2.75, 3.05) is 6.54 Å². The van der Waals surface area contributed by atoms with Gasteiger partial charge in [0.05, 0.1) is 0 Å². The summed E-state index contributed by atoms with van der Waals surface area (Å²) in [5, 5.41) is 4.68. The van der Waals surface area contributed by atoms with Gasteiger partial charge in [-0.1, -0.05) is 44.0 Å². The summed E-state index contributed by atoms with van der Waals surface area (Å²) in [5.74, 6) is 1.86. The van der Waals surface area contributed by atoms with Crippen molar-refractivity contribution >= 4 is 11.6 Å². The van der Waals surface area contributed by atoms with E-state index in [9.17, 15) is 0 Å². The molecule has 21 heavy (non-hydrogen) atoms. The van der Waals surface area contributed by atoms with Crippen molar-refractivity contribution in [1.82, 2.24) is 5.32 Å². The zero-order valence-electron chi connectivity index (χ0n) is 13.6. The molecule has 1 aromatic carbocycles. The molecule has 0 radical (unpaired) electrons. The second-order valence-electron chi connectivity index (χ2n) is 7.75. The predicted octanol–water partition coefficient (Wildman–Crippen LogP) is 5.00. The normalized spacial score (nSPS) is 31.3. The van der Waals surface area contributed by atoms with Gasteiger partial charge in [0.1, 0.15) is 0 Å². The maximum absolute atomic E-state index is 6.51. The summed E-state index contributed by atoms with van der Waals surface area (Å²) < 4.78 is 0. The smallest absolute Gasteiger partial charge is 0.0440 e. The van der Waals surface area contributed by atoms with Gasteiger partial charge in [-0.2, -0.15) is 0 Å². The van der Waals surface area contributed by atoms with Gasteiger partial charge in [-0.15, -0.1) is 0 Å². The minimum atomic E-state index is 0.437. The van der Waals surface area contributed by atoms with Gasteiger partial charge in [-0.25, -0.2) is 0 Å². The number of nitrogens with one attached hydrogen (secondary N) is 1. The molecule has 1 nitrogen and oxygen atoms in total. The van der Waals surface area contributed by atoms with Crippen LogP contribution in [0.3, 0.4) is 0 Å². The Kier molecular flexibility index (Phi) is 4.34. The van der Waals surface area contributed by atoms with E-state index in [1.165, 1.54) is 36.8 Å². The summed E-state index contributed by atoms with van der Waals surface area (Å²) in [7, 11) is 0. The molecule has 3 atom stereocenters. The lowest BCUT2D eigenvalue weighted by molar-refractivity contribution is 0.152. The second-order valence-corrected chi connectivity index (χ2v) is 8.16. The third-order valence-corrected chi connectivity index (χ3v) is 6.07. The molecule has 0 saturated heterocycles. The van der Waals surface area contributed by atoms with E-state index in [1.54, 1.807) is 0 Å². The molecular weight excluding hydrogens is 278 g/mol. The summed E-state index contributed by atoms with van der Waals surface area (Å²) in [6, 6.07) is 7.14. The Morgan fingerprint density at radius 2 is 2.14 bits per heavy atom. The van der Waals surface area contributed by atoms with Crippen LogP contribution in [-0.4, -0.2) is 12.6 Å². The minimum Gasteiger partial charge on any atom is -0.314 e. The van der Waals surface area contributed by atoms with E-state index >= 15 is 0 Å². The van der Waals surface area contributed by atoms with Gasteiger partial charge in [0.2, 0.25) is 0 Å². The molecule has 0 aliphatic heterocycles. The molecule has 3 rings (SSSR count). The van der Waals surface area contributed by atoms with Gasteiger partial charge in [-0.3, -0.25) is 0 Å². The SMILES string of the molecule is Cc1ccc(CC2(CNC(C)C)CC3CCC2C3)c(Cl)c1. The number of benzene rings is 1. The van der Waals surface area contributed by atoms with Crippen LogP contribution >= 0.6 is 11.6 Å². The van der Waals surface area contributed by atoms with E-state index in [0.29, 0.717) is 11.5 Å². The Morgan fingerprint density at radius 3 is 2.71 bits per heavy atom. The van der Waals surface area contributed by atoms with Crippen molar-refractivity contribution in [3.8, 4) is 0 Å². The highest BCUT2D eigenvalue weighted by Crippen LogP contribution is 2.57. The standard InChI is InChI=1S/C19H28ClN/c1-13(2)21-12-19(10-15-5-7-17(19)9-15)11-16-6-4-14(3)8-18(16)20/h4,6,8,13,15,17,21H,5,7,9-12H2,1-3H3. The Hall–Kier alpha value is -0.530. The number of rotatable bonds is 5. The van der Waals surface area contributed by atoms with Gasteiger partial charge < -0.3 is 5.32 Å². The van der Waals surface area contributed by atoms with Crippen molar-refractivity contribution in [3.63, 3.8) is 0 Å². The lowest BCUT2D eigenvalue weighted by atomic mass is 9.69. The maximum Gasteiger partial charge on any atom is 0.0440 e. The van der Waals surface area contributed by atoms with Crippen LogP contribution in [0.15, 0.2) is 18.2 Å². The van der Waals surface area contributed by atoms with E-state index in [4.69, 9.17) is 11.6 Å². The highest BCUT2D eigenvalue weighted by atomic mass is 35.5. The van der Waals surface area contributed by atoms with E-state index in [-0.39, 0.29) is 0 Å². The van der Waals surface area contributed by atoms with E-state index in [2.05, 4.69) is 44.3 Å². The number of hydrogen-bond donors (Lipinski definition) is 1. The number of hydrogen-bond acceptors (Lipinski definition) is 1. The molecule has 2 bridgehead atoms. The van der Waals surface area contributed by atoms with E-state index in [0.717, 1.165) is 29.8 Å². The number of aryl methyl sites for hydroxylation is 1. The fraction of sp³-hybridized carbons (Fsp3) is 0.684. The maximum atomic E-state index is 6.51. The molecule has 0 aromatic heterocycles. The van der Waals surface area contributed by atoms with Gasteiger partial charge in [-0.05, 0) is 67.1 Å². The van der Waals surface area contributed by atoms with Crippen molar-refractivity contribution in [1.29, 1.82) is 0 Å². The topological polar surface area (TPSA) is 12.0 Å². The first-order chi connectivity index (χ1) is 9.98. The van der Waals surface area contributed by atoms with Crippen LogP contribution in [0.1, 0.15) is 50.7 Å². The van der Waals surface area contributed by atoms with Crippen LogP contribution in [0.5, 0.6) is 0 Å². The lowest BCUT2D eigenvalue weighted by Gasteiger charge is -2.39. The third kappa shape index (κ3) is 3.14. The molecule has 1 N–H and O–H groups in total. The van der Waals surface area contributed by atoms with Crippen LogP contribution < -0.4 is 5.32 Å². The quantitative estimate of drug-likeness (QED) is 0.807. The Labute approximate surface area is 134 Å². The first-order valence-corrected chi connectivity index (χ1v) is 8.85. The average molecular weight is 306 g/mol. The van der Waals surface area contributed by atoms with E-state index < -0.39 is 0 Å². The molecule has 0 spiro atoms. The first-order valence-electron chi connectivity index (χ1n) is 8.47. The van der Waals surface area contributed by atoms with Gasteiger partial charge in [0.15, 0.2) is 0 Å². The average Bonchev–Trinajstić information content (AvgIpc) is 3.01. The fourth-order valence-electron chi connectivity index (χ4n) is 4.64. The second kappa shape index (κ2) is 5.93. The van der Waals surface area contributed by atoms with Crippen LogP contribution in [0.4, 0.5) is 0 Å². The zero-order chi connectivity index (χ0) is 15.0. The van der Waals surface area contributed by atoms with Gasteiger partial charge in [0.25, 0.3) is 0 Å². The zero-order valence-corrected chi connectivity index (χ0v) is 14.3. The molecule has 0 amide bonds. The molecule has 2 fully saturated rings. The van der Waals surface area contributed by atoms with Crippen molar-refractivity contribution in [2.45, 2.75) is 58.9 Å². The van der Waals surface area contributed by atoms with Crippen LogP contribution in [0, 0.1) is 24.2 Å². The summed E-state index contributed by atoms with van der Waals surface area (Å²) in [4.78, 5) is 0. The predicted molar refractivity (Wildman–Crippen MR) is 90.9 cm³/mol. The molecule has 2 heteroatoms. The van der Waals surface area contributed by atoms with Gasteiger partial charge in [0, 0.05) is 17.6 Å². The third-order valence-electron chi connectivity index (χ3n) is 5.72. The molecule has 0 heterocycles. The summed E-state index contributed by atoms with van der Waals surface area (Å²) in [6.07, 6.45) is 6.86. The summed E-state index contributed by atoms with van der Waals surface area (Å²) in [6.45, 7) is 7.76. The molecule has 2 saturated carbocycles. The minimum absolute atomic E-state index is 0.437. The highest BCUT2D eigenvalue weighted by molar-refractivity contribution is 6.31. The highest BCUT2D eigenvalue weighted by Gasteiger charge is 2.50. The molecular formula is C19H28ClN. The Bertz CT molecular complexity index is 510. The monoisotopic (exact) mass is 305 g/mol. The van der Waals surface area contributed by atoms with Crippen LogP contribution in [0.2, 0.25) is 5.02 Å². The number of fused-ring (bicyclic) bond motifs is 2. The van der Waals surface area contributed by atoms with Crippen LogP contribution in [-0.2, 0) is 6.42 Å². The molecule has 3 unspecified atom stereocenters. The molecule has 1 aromatic rings.